The number of nitrogens with one attached hydrogen (secondary N) is 1. The van der Waals surface area contributed by atoms with E-state index in [9.17, 15) is 9.59 Å². The summed E-state index contributed by atoms with van der Waals surface area (Å²) in [5.74, 6) is -0.185. The number of fused-ring (bicyclic) bond motifs is 5. The van der Waals surface area contributed by atoms with Gasteiger partial charge in [-0.15, -0.1) is 0 Å². The van der Waals surface area contributed by atoms with Gasteiger partial charge in [-0.2, -0.15) is 0 Å². The third kappa shape index (κ3) is 2.48. The van der Waals surface area contributed by atoms with E-state index in [0.29, 0.717) is 11.6 Å². The van der Waals surface area contributed by atoms with Crippen molar-refractivity contribution in [1.29, 1.82) is 0 Å². The maximum absolute atomic E-state index is 13.7. The Kier molecular flexibility index (Phi) is 4.23. The van der Waals surface area contributed by atoms with Crippen LogP contribution in [0.25, 0.3) is 10.9 Å². The van der Waals surface area contributed by atoms with Crippen molar-refractivity contribution in [3.05, 3.63) is 70.4 Å². The van der Waals surface area contributed by atoms with Crippen LogP contribution in [0.15, 0.2) is 48.5 Å². The summed E-state index contributed by atoms with van der Waals surface area (Å²) in [6.07, 6.45) is 0. The van der Waals surface area contributed by atoms with E-state index in [4.69, 9.17) is 11.6 Å². The van der Waals surface area contributed by atoms with Crippen molar-refractivity contribution in [2.24, 2.45) is 0 Å². The van der Waals surface area contributed by atoms with E-state index in [1.54, 1.807) is 9.80 Å². The van der Waals surface area contributed by atoms with Gasteiger partial charge in [0.1, 0.15) is 6.54 Å². The number of carbonyl (C=O) groups excluding carboxylic acids is 2. The first-order valence-corrected chi connectivity index (χ1v) is 10.7. The second-order valence-corrected chi connectivity index (χ2v) is 9.04. The maximum atomic E-state index is 13.7. The van der Waals surface area contributed by atoms with E-state index in [2.05, 4.69) is 11.1 Å². The van der Waals surface area contributed by atoms with Gasteiger partial charge >= 0.3 is 0 Å². The predicted octanol–water partition coefficient (Wildman–Crippen LogP) is 4.26. The lowest BCUT2D eigenvalue weighted by Gasteiger charge is -2.52. The molecule has 3 aromatic rings. The Bertz CT molecular complexity index is 1180. The topological polar surface area (TPSA) is 56.4 Å². The summed E-state index contributed by atoms with van der Waals surface area (Å²) in [6.45, 7) is 6.30. The van der Waals surface area contributed by atoms with E-state index in [1.807, 2.05) is 63.2 Å². The average Bonchev–Trinajstić information content (AvgIpc) is 3.12. The molecule has 5 nitrogen and oxygen atoms in total. The van der Waals surface area contributed by atoms with Crippen LogP contribution in [0, 0.1) is 0 Å². The molecule has 2 aliphatic rings. The van der Waals surface area contributed by atoms with Crippen LogP contribution in [0.2, 0.25) is 5.02 Å². The molecule has 30 heavy (non-hydrogen) atoms. The summed E-state index contributed by atoms with van der Waals surface area (Å²) >= 11 is 6.59. The molecule has 1 fully saturated rings. The number of benzene rings is 2. The van der Waals surface area contributed by atoms with Crippen LogP contribution in [-0.2, 0) is 15.1 Å². The number of halogens is 1. The summed E-state index contributed by atoms with van der Waals surface area (Å²) in [6, 6.07) is 15.8. The zero-order valence-corrected chi connectivity index (χ0v) is 18.0. The molecule has 0 aliphatic carbocycles. The maximum Gasteiger partial charge on any atom is 0.255 e. The predicted molar refractivity (Wildman–Crippen MR) is 118 cm³/mol. The van der Waals surface area contributed by atoms with E-state index in [-0.39, 0.29) is 30.3 Å². The highest BCUT2D eigenvalue weighted by atomic mass is 35.5. The first kappa shape index (κ1) is 19.2. The van der Waals surface area contributed by atoms with Crippen LogP contribution in [0.5, 0.6) is 0 Å². The molecule has 0 spiro atoms. The molecule has 6 heteroatoms. The van der Waals surface area contributed by atoms with Crippen LogP contribution >= 0.6 is 11.6 Å². The van der Waals surface area contributed by atoms with Crippen molar-refractivity contribution in [3.8, 4) is 0 Å². The van der Waals surface area contributed by atoms with Gasteiger partial charge in [0, 0.05) is 34.4 Å². The Morgan fingerprint density at radius 3 is 2.53 bits per heavy atom. The Labute approximate surface area is 180 Å². The first-order valence-electron chi connectivity index (χ1n) is 10.3. The Balaban J connectivity index is 1.81. The fraction of sp³-hybridized carbons (Fsp3) is 0.333. The van der Waals surface area contributed by atoms with Gasteiger partial charge in [-0.05, 0) is 44.0 Å². The monoisotopic (exact) mass is 421 g/mol. The number of rotatable bonds is 2. The normalized spacial score (nSPS) is 23.8. The van der Waals surface area contributed by atoms with Gasteiger partial charge in [0.2, 0.25) is 5.91 Å². The highest BCUT2D eigenvalue weighted by Crippen LogP contribution is 2.49. The molecule has 2 aliphatic heterocycles. The average molecular weight is 422 g/mol. The quantitative estimate of drug-likeness (QED) is 0.672. The lowest BCUT2D eigenvalue weighted by atomic mass is 9.76. The van der Waals surface area contributed by atoms with Gasteiger partial charge in [0.15, 0.2) is 5.54 Å². The second kappa shape index (κ2) is 6.61. The molecule has 3 heterocycles. The lowest BCUT2D eigenvalue weighted by molar-refractivity contribution is -0.168. The van der Waals surface area contributed by atoms with Gasteiger partial charge in [-0.25, -0.2) is 0 Å². The molecule has 0 radical (unpaired) electrons. The molecule has 154 valence electrons. The van der Waals surface area contributed by atoms with E-state index < -0.39 is 5.54 Å². The van der Waals surface area contributed by atoms with Crippen molar-refractivity contribution in [1.82, 2.24) is 14.8 Å². The fourth-order valence-corrected chi connectivity index (χ4v) is 5.35. The minimum absolute atomic E-state index is 0.0350. The number of hydrogen-bond donors (Lipinski definition) is 1. The number of aromatic amines is 1. The Morgan fingerprint density at radius 2 is 1.80 bits per heavy atom. The lowest BCUT2D eigenvalue weighted by Crippen LogP contribution is -2.68. The van der Waals surface area contributed by atoms with E-state index >= 15 is 0 Å². The molecular formula is C24H24ClN3O2. The van der Waals surface area contributed by atoms with Crippen LogP contribution in [0.3, 0.4) is 0 Å². The smallest absolute Gasteiger partial charge is 0.255 e. The number of para-hydroxylation sites is 1. The molecule has 1 N–H and O–H groups in total. The summed E-state index contributed by atoms with van der Waals surface area (Å²) in [7, 11) is 0. The zero-order valence-electron chi connectivity index (χ0n) is 17.3. The molecule has 1 aromatic heterocycles. The standard InChI is InChI=1S/C24H24ClN3O2/c1-14(2)27-13-20(29)28-12-17(15-8-4-6-10-18(15)25)21-16-9-5-7-11-19(16)26-22(21)24(28,3)23(27)30/h4-11,14,17,26H,12-13H2,1-3H3/t17-,24+/m1/s1. The number of H-pyrrole nitrogens is 1. The molecule has 0 bridgehead atoms. The van der Waals surface area contributed by atoms with Crippen LogP contribution in [-0.4, -0.2) is 45.7 Å². The minimum Gasteiger partial charge on any atom is -0.356 e. The van der Waals surface area contributed by atoms with Crippen molar-refractivity contribution < 1.29 is 9.59 Å². The number of aromatic nitrogens is 1. The summed E-state index contributed by atoms with van der Waals surface area (Å²) < 4.78 is 0. The number of hydrogen-bond acceptors (Lipinski definition) is 2. The van der Waals surface area contributed by atoms with Crippen molar-refractivity contribution in [2.75, 3.05) is 13.1 Å². The third-order valence-corrected chi connectivity index (χ3v) is 7.02. The summed E-state index contributed by atoms with van der Waals surface area (Å²) in [5.41, 5.74) is 2.72. The van der Waals surface area contributed by atoms with Crippen LogP contribution in [0.4, 0.5) is 0 Å². The molecule has 2 amide bonds. The van der Waals surface area contributed by atoms with Crippen LogP contribution < -0.4 is 0 Å². The van der Waals surface area contributed by atoms with Gasteiger partial charge in [0.05, 0.1) is 5.69 Å². The number of piperazine rings is 1. The van der Waals surface area contributed by atoms with E-state index in [1.165, 1.54) is 0 Å². The first-order chi connectivity index (χ1) is 14.3. The second-order valence-electron chi connectivity index (χ2n) is 8.64. The van der Waals surface area contributed by atoms with Gasteiger partial charge < -0.3 is 14.8 Å². The number of carbonyl (C=O) groups is 2. The Morgan fingerprint density at radius 1 is 1.10 bits per heavy atom. The van der Waals surface area contributed by atoms with E-state index in [0.717, 1.165) is 27.7 Å². The number of amides is 2. The molecular weight excluding hydrogens is 398 g/mol. The largest absolute Gasteiger partial charge is 0.356 e. The van der Waals surface area contributed by atoms with Gasteiger partial charge in [-0.1, -0.05) is 48.0 Å². The van der Waals surface area contributed by atoms with Gasteiger partial charge in [0.25, 0.3) is 5.91 Å². The number of nitrogens with zero attached hydrogens (tertiary/aromatic N) is 2. The highest BCUT2D eigenvalue weighted by Gasteiger charge is 2.56. The Hall–Kier alpha value is -2.79. The molecule has 0 unspecified atom stereocenters. The summed E-state index contributed by atoms with van der Waals surface area (Å²) in [5, 5.41) is 1.74. The highest BCUT2D eigenvalue weighted by molar-refractivity contribution is 6.31. The molecule has 5 rings (SSSR count). The van der Waals surface area contributed by atoms with Gasteiger partial charge in [-0.3, -0.25) is 9.59 Å². The molecule has 2 aromatic carbocycles. The summed E-state index contributed by atoms with van der Waals surface area (Å²) in [4.78, 5) is 33.9. The van der Waals surface area contributed by atoms with Crippen molar-refractivity contribution in [2.45, 2.75) is 38.3 Å². The third-order valence-electron chi connectivity index (χ3n) is 6.67. The minimum atomic E-state index is -1.06. The van der Waals surface area contributed by atoms with Crippen LogP contribution in [0.1, 0.15) is 43.5 Å². The molecule has 2 atom stereocenters. The SMILES string of the molecule is CC(C)N1CC(=O)N2C[C@H](c3ccccc3Cl)c3c([nH]c4ccccc34)[C@@]2(C)C1=O. The molecule has 1 saturated heterocycles. The van der Waals surface area contributed by atoms with Crippen molar-refractivity contribution >= 4 is 34.3 Å². The van der Waals surface area contributed by atoms with Crippen molar-refractivity contribution in [3.63, 3.8) is 0 Å². The zero-order chi connectivity index (χ0) is 21.2. The fourth-order valence-electron chi connectivity index (χ4n) is 5.09. The molecule has 0 saturated carbocycles.